The minimum atomic E-state index is -4.45. The monoisotopic (exact) mass is 412 g/mol. The molecule has 5 heteroatoms. The Morgan fingerprint density at radius 1 is 0.897 bits per heavy atom. The molecule has 0 saturated heterocycles. The van der Waals surface area contributed by atoms with Gasteiger partial charge in [-0.3, -0.25) is 0 Å². The summed E-state index contributed by atoms with van der Waals surface area (Å²) in [7, 11) is 0. The third kappa shape index (κ3) is 4.59. The summed E-state index contributed by atoms with van der Waals surface area (Å²) in [5.74, 6) is 2.06. The molecule has 1 unspecified atom stereocenters. The van der Waals surface area contributed by atoms with Gasteiger partial charge < -0.3 is 4.74 Å². The van der Waals surface area contributed by atoms with Gasteiger partial charge in [0.1, 0.15) is 0 Å². The van der Waals surface area contributed by atoms with E-state index >= 15 is 0 Å². The van der Waals surface area contributed by atoms with Crippen LogP contribution in [0, 0.1) is 23.6 Å². The number of alkyl halides is 3. The van der Waals surface area contributed by atoms with Crippen LogP contribution < -0.4 is 4.74 Å². The molecule has 2 aliphatic carbocycles. The van der Waals surface area contributed by atoms with Crippen molar-refractivity contribution in [1.82, 2.24) is 0 Å². The predicted molar refractivity (Wildman–Crippen MR) is 106 cm³/mol. The zero-order valence-corrected chi connectivity index (χ0v) is 17.2. The molecule has 1 aliphatic heterocycles. The second-order valence-corrected chi connectivity index (χ2v) is 9.48. The molecule has 1 atom stereocenters. The average molecular weight is 413 g/mol. The van der Waals surface area contributed by atoms with Gasteiger partial charge in [-0.15, -0.1) is 0 Å². The van der Waals surface area contributed by atoms with Gasteiger partial charge in [-0.1, -0.05) is 32.3 Å². The van der Waals surface area contributed by atoms with Gasteiger partial charge in [0.2, 0.25) is 0 Å². The highest BCUT2D eigenvalue weighted by molar-refractivity contribution is 5.42. The Morgan fingerprint density at radius 2 is 1.52 bits per heavy atom. The zero-order valence-electron chi connectivity index (χ0n) is 17.2. The molecule has 4 rings (SSSR count). The van der Waals surface area contributed by atoms with Gasteiger partial charge in [0.05, 0.1) is 0 Å². The topological polar surface area (TPSA) is 9.23 Å². The van der Waals surface area contributed by atoms with E-state index < -0.39 is 18.1 Å². The van der Waals surface area contributed by atoms with Gasteiger partial charge in [-0.2, -0.15) is 13.2 Å². The van der Waals surface area contributed by atoms with Gasteiger partial charge >= 0.3 is 6.18 Å². The highest BCUT2D eigenvalue weighted by atomic mass is 19.4. The van der Waals surface area contributed by atoms with Gasteiger partial charge in [0.15, 0.2) is 17.7 Å². The molecule has 2 saturated carbocycles. The Bertz CT molecular complexity index is 698. The molecule has 2 fully saturated rings. The minimum Gasteiger partial charge on any atom is -0.478 e. The number of hydrogen-bond acceptors (Lipinski definition) is 1. The van der Waals surface area contributed by atoms with Gasteiger partial charge in [-0.05, 0) is 92.2 Å². The van der Waals surface area contributed by atoms with E-state index in [0.717, 1.165) is 36.2 Å². The lowest BCUT2D eigenvalue weighted by Crippen LogP contribution is -2.37. The lowest BCUT2D eigenvalue weighted by molar-refractivity contribution is -0.199. The van der Waals surface area contributed by atoms with E-state index in [1.807, 2.05) is 6.07 Å². The maximum Gasteiger partial charge on any atom is 0.425 e. The fourth-order valence-electron chi connectivity index (χ4n) is 5.94. The van der Waals surface area contributed by atoms with Crippen molar-refractivity contribution in [3.63, 3.8) is 0 Å². The molecule has 0 N–H and O–H groups in total. The van der Waals surface area contributed by atoms with Crippen molar-refractivity contribution in [3.8, 4) is 5.75 Å². The van der Waals surface area contributed by atoms with Crippen LogP contribution in [0.5, 0.6) is 5.75 Å². The van der Waals surface area contributed by atoms with Gasteiger partial charge in [0.25, 0.3) is 0 Å². The number of rotatable bonds is 3. The lowest BCUT2D eigenvalue weighted by atomic mass is 9.68. The van der Waals surface area contributed by atoms with Crippen molar-refractivity contribution in [1.29, 1.82) is 0 Å². The smallest absolute Gasteiger partial charge is 0.425 e. The molecule has 1 aromatic carbocycles. The number of aryl methyl sites for hydroxylation is 1. The molecule has 29 heavy (non-hydrogen) atoms. The van der Waals surface area contributed by atoms with Crippen LogP contribution in [0.4, 0.5) is 17.6 Å². The maximum absolute atomic E-state index is 14.6. The summed E-state index contributed by atoms with van der Waals surface area (Å²) >= 11 is 0. The van der Waals surface area contributed by atoms with Crippen molar-refractivity contribution in [2.75, 3.05) is 0 Å². The second kappa shape index (κ2) is 8.47. The third-order valence-corrected chi connectivity index (χ3v) is 7.82. The number of ether oxygens (including phenoxy) is 1. The zero-order chi connectivity index (χ0) is 20.6. The first kappa shape index (κ1) is 21.0. The van der Waals surface area contributed by atoms with Crippen LogP contribution in [-0.4, -0.2) is 12.3 Å². The van der Waals surface area contributed by atoms with Crippen molar-refractivity contribution in [2.24, 2.45) is 17.8 Å². The number of hydrogen-bond donors (Lipinski definition) is 0. The molecular weight excluding hydrogens is 380 g/mol. The molecular formula is C24H32F4O. The SMILES string of the molecule is CCC1CCC(C2CCC(c3cc(F)c4c(c3)CCC(C(F)(F)F)O4)CC2)CC1. The van der Waals surface area contributed by atoms with E-state index in [1.54, 1.807) is 0 Å². The number of benzene rings is 1. The fraction of sp³-hybridized carbons (Fsp3) is 0.750. The Kier molecular flexibility index (Phi) is 6.13. The van der Waals surface area contributed by atoms with E-state index in [4.69, 9.17) is 4.74 Å². The van der Waals surface area contributed by atoms with Crippen LogP contribution in [0.25, 0.3) is 0 Å². The molecule has 0 spiro atoms. The third-order valence-electron chi connectivity index (χ3n) is 7.82. The Balaban J connectivity index is 1.38. The summed E-state index contributed by atoms with van der Waals surface area (Å²) in [6.45, 7) is 2.29. The number of halogens is 4. The predicted octanol–water partition coefficient (Wildman–Crippen LogP) is 7.57. The molecule has 0 amide bonds. The van der Waals surface area contributed by atoms with Crippen molar-refractivity contribution in [2.45, 2.75) is 95.8 Å². The molecule has 162 valence electrons. The summed E-state index contributed by atoms with van der Waals surface area (Å²) < 4.78 is 58.3. The Morgan fingerprint density at radius 3 is 2.10 bits per heavy atom. The normalized spacial score (nSPS) is 33.1. The van der Waals surface area contributed by atoms with Crippen LogP contribution in [0.3, 0.4) is 0 Å². The molecule has 3 aliphatic rings. The van der Waals surface area contributed by atoms with Crippen LogP contribution >= 0.6 is 0 Å². The summed E-state index contributed by atoms with van der Waals surface area (Å²) in [6, 6.07) is 3.33. The van der Waals surface area contributed by atoms with Crippen LogP contribution in [0.15, 0.2) is 12.1 Å². The summed E-state index contributed by atoms with van der Waals surface area (Å²) in [6.07, 6.45) is 5.01. The van der Waals surface area contributed by atoms with Crippen LogP contribution in [-0.2, 0) is 6.42 Å². The lowest BCUT2D eigenvalue weighted by Gasteiger charge is -2.38. The molecule has 0 bridgehead atoms. The summed E-state index contributed by atoms with van der Waals surface area (Å²) in [5.41, 5.74) is 1.55. The second-order valence-electron chi connectivity index (χ2n) is 9.48. The molecule has 1 heterocycles. The fourth-order valence-corrected chi connectivity index (χ4v) is 5.94. The van der Waals surface area contributed by atoms with E-state index in [9.17, 15) is 17.6 Å². The van der Waals surface area contributed by atoms with E-state index in [-0.39, 0.29) is 18.6 Å². The summed E-state index contributed by atoms with van der Waals surface area (Å²) in [4.78, 5) is 0. The highest BCUT2D eigenvalue weighted by Crippen LogP contribution is 2.46. The quantitative estimate of drug-likeness (QED) is 0.465. The molecule has 1 aromatic rings. The van der Waals surface area contributed by atoms with E-state index in [1.165, 1.54) is 51.0 Å². The van der Waals surface area contributed by atoms with E-state index in [2.05, 4.69) is 6.92 Å². The van der Waals surface area contributed by atoms with Gasteiger partial charge in [-0.25, -0.2) is 4.39 Å². The average Bonchev–Trinajstić information content (AvgIpc) is 2.73. The standard InChI is InChI=1S/C24H32F4O/c1-2-15-3-5-16(6-4-15)17-7-9-18(10-8-17)20-13-19-11-12-22(24(26,27)28)29-23(19)21(25)14-20/h13-18,22H,2-12H2,1H3. The Hall–Kier alpha value is -1.26. The van der Waals surface area contributed by atoms with Gasteiger partial charge in [0, 0.05) is 0 Å². The first-order valence-corrected chi connectivity index (χ1v) is 11.4. The van der Waals surface area contributed by atoms with Crippen LogP contribution in [0.2, 0.25) is 0 Å². The van der Waals surface area contributed by atoms with Crippen LogP contribution in [0.1, 0.15) is 88.2 Å². The van der Waals surface area contributed by atoms with E-state index in [0.29, 0.717) is 11.5 Å². The Labute approximate surface area is 171 Å². The maximum atomic E-state index is 14.6. The molecule has 1 nitrogen and oxygen atoms in total. The first-order chi connectivity index (χ1) is 13.8. The highest BCUT2D eigenvalue weighted by Gasteiger charge is 2.44. The first-order valence-electron chi connectivity index (χ1n) is 11.4. The summed E-state index contributed by atoms with van der Waals surface area (Å²) in [5, 5.41) is 0. The van der Waals surface area contributed by atoms with Crippen molar-refractivity contribution < 1.29 is 22.3 Å². The molecule has 0 radical (unpaired) electrons. The molecule has 0 aromatic heterocycles. The largest absolute Gasteiger partial charge is 0.478 e. The van der Waals surface area contributed by atoms with Crippen molar-refractivity contribution in [3.05, 3.63) is 29.1 Å². The van der Waals surface area contributed by atoms with Crippen molar-refractivity contribution >= 4 is 0 Å². The number of fused-ring (bicyclic) bond motifs is 1. The minimum absolute atomic E-state index is 0.132.